The van der Waals surface area contributed by atoms with Crippen LogP contribution in [0.25, 0.3) is 10.9 Å². The number of hydrogen-bond acceptors (Lipinski definition) is 6. The third-order valence-corrected chi connectivity index (χ3v) is 8.11. The lowest BCUT2D eigenvalue weighted by atomic mass is 9.98. The van der Waals surface area contributed by atoms with E-state index in [0.717, 1.165) is 68.8 Å². The van der Waals surface area contributed by atoms with E-state index >= 15 is 0 Å². The van der Waals surface area contributed by atoms with E-state index in [1.807, 2.05) is 0 Å². The van der Waals surface area contributed by atoms with Gasteiger partial charge in [-0.05, 0) is 95.6 Å². The highest BCUT2D eigenvalue weighted by Gasteiger charge is 2.23. The molecule has 0 bridgehead atoms. The van der Waals surface area contributed by atoms with Gasteiger partial charge in [-0.3, -0.25) is 4.98 Å². The zero-order valence-corrected chi connectivity index (χ0v) is 22.4. The largest absolute Gasteiger partial charge is 0.493 e. The summed E-state index contributed by atoms with van der Waals surface area (Å²) in [5.74, 6) is 1.63. The van der Waals surface area contributed by atoms with Crippen molar-refractivity contribution < 1.29 is 9.47 Å². The van der Waals surface area contributed by atoms with Gasteiger partial charge >= 0.3 is 0 Å². The number of nitrogens with one attached hydrogen (secondary N) is 1. The number of anilines is 1. The normalized spacial score (nSPS) is 19.6. The van der Waals surface area contributed by atoms with Crippen molar-refractivity contribution in [3.05, 3.63) is 35.7 Å². The van der Waals surface area contributed by atoms with Crippen LogP contribution in [0, 0.1) is 0 Å². The number of pyridine rings is 1. The summed E-state index contributed by atoms with van der Waals surface area (Å²) in [5, 5.41) is 5.18. The molecule has 3 aliphatic rings. The Labute approximate surface area is 217 Å². The Morgan fingerprint density at radius 1 is 1.00 bits per heavy atom. The Morgan fingerprint density at radius 3 is 2.58 bits per heavy atom. The number of aryl methyl sites for hydroxylation is 1. The highest BCUT2D eigenvalue weighted by atomic mass is 16.5. The molecule has 0 saturated carbocycles. The number of methoxy groups -OCH3 is 1. The lowest BCUT2D eigenvalue weighted by Crippen LogP contribution is -2.36. The molecular formula is C30H44N4O2. The number of ether oxygens (including phenoxy) is 2. The maximum absolute atomic E-state index is 6.27. The predicted octanol–water partition coefficient (Wildman–Crippen LogP) is 5.79. The second-order valence-electron chi connectivity index (χ2n) is 10.7. The van der Waals surface area contributed by atoms with Crippen LogP contribution in [0.4, 0.5) is 5.69 Å². The molecule has 5 rings (SSSR count). The summed E-state index contributed by atoms with van der Waals surface area (Å²) >= 11 is 0. The van der Waals surface area contributed by atoms with Crippen molar-refractivity contribution in [1.29, 1.82) is 0 Å². The second kappa shape index (κ2) is 12.2. The molecule has 2 saturated heterocycles. The van der Waals surface area contributed by atoms with Crippen molar-refractivity contribution in [3.8, 4) is 11.5 Å². The van der Waals surface area contributed by atoms with Crippen LogP contribution in [0.2, 0.25) is 0 Å². The molecule has 196 valence electrons. The Balaban J connectivity index is 1.39. The number of fused-ring (bicyclic) bond motifs is 2. The Hall–Kier alpha value is -2.47. The molecule has 6 heteroatoms. The van der Waals surface area contributed by atoms with Crippen molar-refractivity contribution in [2.24, 2.45) is 0 Å². The first-order valence-electron chi connectivity index (χ1n) is 14.3. The molecule has 1 aliphatic carbocycles. The Bertz CT molecular complexity index is 1040. The van der Waals surface area contributed by atoms with Gasteiger partial charge < -0.3 is 24.6 Å². The molecule has 1 aromatic carbocycles. The van der Waals surface area contributed by atoms with Crippen LogP contribution in [0.15, 0.2) is 24.4 Å². The first kappa shape index (κ1) is 25.2. The first-order valence-corrected chi connectivity index (χ1v) is 14.3. The number of nitrogens with zero attached hydrogens (tertiary/aromatic N) is 3. The van der Waals surface area contributed by atoms with Crippen LogP contribution >= 0.6 is 0 Å². The molecule has 36 heavy (non-hydrogen) atoms. The quantitative estimate of drug-likeness (QED) is 0.353. The van der Waals surface area contributed by atoms with Gasteiger partial charge in [0.1, 0.15) is 0 Å². The second-order valence-corrected chi connectivity index (χ2v) is 10.7. The van der Waals surface area contributed by atoms with E-state index in [-0.39, 0.29) is 0 Å². The van der Waals surface area contributed by atoms with Gasteiger partial charge in [0.25, 0.3) is 0 Å². The summed E-state index contributed by atoms with van der Waals surface area (Å²) in [7, 11) is 1.75. The molecule has 0 unspecified atom stereocenters. The summed E-state index contributed by atoms with van der Waals surface area (Å²) in [4.78, 5) is 10.2. The van der Waals surface area contributed by atoms with Gasteiger partial charge in [0.15, 0.2) is 11.5 Å². The zero-order chi connectivity index (χ0) is 24.7. The smallest absolute Gasteiger partial charge is 0.163 e. The van der Waals surface area contributed by atoms with E-state index < -0.39 is 0 Å². The topological polar surface area (TPSA) is 49.9 Å². The Kier molecular flexibility index (Phi) is 8.52. The van der Waals surface area contributed by atoms with Crippen molar-refractivity contribution in [1.82, 2.24) is 14.8 Å². The van der Waals surface area contributed by atoms with Crippen LogP contribution < -0.4 is 14.8 Å². The van der Waals surface area contributed by atoms with Crippen molar-refractivity contribution >= 4 is 16.6 Å². The molecule has 1 N–H and O–H groups in total. The maximum Gasteiger partial charge on any atom is 0.163 e. The summed E-state index contributed by atoms with van der Waals surface area (Å²) in [6.07, 6.45) is 16.3. The fraction of sp³-hybridized carbons (Fsp3) is 0.633. The Morgan fingerprint density at radius 2 is 1.81 bits per heavy atom. The molecule has 2 fully saturated rings. The van der Waals surface area contributed by atoms with Crippen LogP contribution in [0.1, 0.15) is 69.5 Å². The van der Waals surface area contributed by atoms with Crippen molar-refractivity contribution in [2.45, 2.75) is 77.2 Å². The third-order valence-electron chi connectivity index (χ3n) is 8.11. The predicted molar refractivity (Wildman–Crippen MR) is 148 cm³/mol. The number of piperidine rings is 1. The monoisotopic (exact) mass is 492 g/mol. The SMILES string of the molecule is C/C=C/N1CCC(Nc2c3c(nc4cc(OCCCN5CCCC5)c(OC)cc24)CCCCC3)CC1. The summed E-state index contributed by atoms with van der Waals surface area (Å²) in [5.41, 5.74) is 5.02. The fourth-order valence-corrected chi connectivity index (χ4v) is 6.13. The highest BCUT2D eigenvalue weighted by molar-refractivity contribution is 5.96. The van der Waals surface area contributed by atoms with E-state index in [0.29, 0.717) is 12.6 Å². The van der Waals surface area contributed by atoms with Crippen molar-refractivity contribution in [3.63, 3.8) is 0 Å². The van der Waals surface area contributed by atoms with E-state index in [4.69, 9.17) is 14.5 Å². The summed E-state index contributed by atoms with van der Waals surface area (Å²) < 4.78 is 12.1. The van der Waals surface area contributed by atoms with Crippen molar-refractivity contribution in [2.75, 3.05) is 51.8 Å². The number of hydrogen-bond donors (Lipinski definition) is 1. The molecule has 0 amide bonds. The minimum Gasteiger partial charge on any atom is -0.493 e. The standard InChI is InChI=1S/C30H44N4O2/c1-3-14-33-18-12-23(13-19-33)31-30-24-10-5-4-6-11-26(24)32-27-22-29(28(35-2)21-25(27)30)36-20-9-17-34-15-7-8-16-34/h3,14,21-23H,4-13,15-20H2,1-2H3,(H,31,32)/b14-3+. The summed E-state index contributed by atoms with van der Waals surface area (Å²) in [6, 6.07) is 4.77. The molecule has 0 radical (unpaired) electrons. The van der Waals surface area contributed by atoms with E-state index in [2.05, 4.69) is 46.4 Å². The number of rotatable bonds is 9. The molecule has 0 spiro atoms. The molecule has 3 heterocycles. The minimum absolute atomic E-state index is 0.483. The summed E-state index contributed by atoms with van der Waals surface area (Å²) in [6.45, 7) is 8.60. The average Bonchev–Trinajstić information content (AvgIpc) is 3.31. The van der Waals surface area contributed by atoms with E-state index in [9.17, 15) is 0 Å². The van der Waals surface area contributed by atoms with Crippen LogP contribution in [0.5, 0.6) is 11.5 Å². The molecule has 0 atom stereocenters. The highest BCUT2D eigenvalue weighted by Crippen LogP contribution is 2.39. The van der Waals surface area contributed by atoms with E-state index in [1.165, 1.54) is 67.5 Å². The molecule has 2 aliphatic heterocycles. The lowest BCUT2D eigenvalue weighted by molar-refractivity contribution is 0.254. The third kappa shape index (κ3) is 5.91. The van der Waals surface area contributed by atoms with Gasteiger partial charge in [-0.25, -0.2) is 0 Å². The van der Waals surface area contributed by atoms with Crippen LogP contribution in [0.3, 0.4) is 0 Å². The van der Waals surface area contributed by atoms with Crippen LogP contribution in [-0.4, -0.2) is 67.3 Å². The van der Waals surface area contributed by atoms with Gasteiger partial charge in [-0.2, -0.15) is 0 Å². The zero-order valence-electron chi connectivity index (χ0n) is 22.4. The van der Waals surface area contributed by atoms with Gasteiger partial charge in [-0.1, -0.05) is 12.5 Å². The number of aromatic nitrogens is 1. The van der Waals surface area contributed by atoms with Crippen LogP contribution in [-0.2, 0) is 12.8 Å². The van der Waals surface area contributed by atoms with Gasteiger partial charge in [-0.15, -0.1) is 0 Å². The molecule has 2 aromatic rings. The number of benzene rings is 1. The first-order chi connectivity index (χ1) is 17.7. The molecule has 6 nitrogen and oxygen atoms in total. The maximum atomic E-state index is 6.27. The van der Waals surface area contributed by atoms with Gasteiger partial charge in [0.05, 0.1) is 19.2 Å². The average molecular weight is 493 g/mol. The molecular weight excluding hydrogens is 448 g/mol. The minimum atomic E-state index is 0.483. The fourth-order valence-electron chi connectivity index (χ4n) is 6.13. The van der Waals surface area contributed by atoms with Gasteiger partial charge in [0, 0.05) is 48.5 Å². The number of allylic oxidation sites excluding steroid dienone is 1. The lowest BCUT2D eigenvalue weighted by Gasteiger charge is -2.33. The van der Waals surface area contributed by atoms with Gasteiger partial charge in [0.2, 0.25) is 0 Å². The van der Waals surface area contributed by atoms with E-state index in [1.54, 1.807) is 7.11 Å². The number of likely N-dealkylation sites (tertiary alicyclic amines) is 2. The molecule has 1 aromatic heterocycles.